The SMILES string of the molecule is CCNC(=NCCc1cccc(O)c1)N1CCN(C2CC2)C(=O)C1.I. The molecule has 1 aliphatic carbocycles. The van der Waals surface area contributed by atoms with Crippen LogP contribution in [0.15, 0.2) is 29.3 Å². The van der Waals surface area contributed by atoms with Gasteiger partial charge in [0.2, 0.25) is 5.91 Å². The van der Waals surface area contributed by atoms with Crippen LogP contribution in [0.25, 0.3) is 0 Å². The molecule has 2 N–H and O–H groups in total. The zero-order valence-corrected chi connectivity index (χ0v) is 17.0. The lowest BCUT2D eigenvalue weighted by molar-refractivity contribution is -0.135. The summed E-state index contributed by atoms with van der Waals surface area (Å²) in [6.07, 6.45) is 3.08. The highest BCUT2D eigenvalue weighted by atomic mass is 127. The molecule has 0 aromatic heterocycles. The molecule has 1 saturated carbocycles. The van der Waals surface area contributed by atoms with Gasteiger partial charge < -0.3 is 20.2 Å². The Hall–Kier alpha value is -1.51. The topological polar surface area (TPSA) is 68.2 Å². The van der Waals surface area contributed by atoms with Crippen LogP contribution in [0.5, 0.6) is 5.75 Å². The number of nitrogens with one attached hydrogen (secondary N) is 1. The Bertz CT molecular complexity index is 619. The van der Waals surface area contributed by atoms with Crippen molar-refractivity contribution in [2.24, 2.45) is 4.99 Å². The lowest BCUT2D eigenvalue weighted by Crippen LogP contribution is -2.55. The van der Waals surface area contributed by atoms with E-state index in [1.54, 1.807) is 12.1 Å². The number of piperazine rings is 1. The molecule has 1 heterocycles. The van der Waals surface area contributed by atoms with Crippen LogP contribution in [-0.2, 0) is 11.2 Å². The molecular formula is C18H27IN4O2. The van der Waals surface area contributed by atoms with Crippen molar-refractivity contribution in [3.05, 3.63) is 29.8 Å². The van der Waals surface area contributed by atoms with Gasteiger partial charge in [0.05, 0.1) is 6.54 Å². The zero-order chi connectivity index (χ0) is 16.9. The molecule has 1 saturated heterocycles. The minimum absolute atomic E-state index is 0. The van der Waals surface area contributed by atoms with Gasteiger partial charge in [-0.2, -0.15) is 0 Å². The summed E-state index contributed by atoms with van der Waals surface area (Å²) < 4.78 is 0. The smallest absolute Gasteiger partial charge is 0.242 e. The number of carbonyl (C=O) groups excluding carboxylic acids is 1. The Morgan fingerprint density at radius 3 is 2.80 bits per heavy atom. The van der Waals surface area contributed by atoms with E-state index in [0.29, 0.717) is 19.1 Å². The maximum absolute atomic E-state index is 12.3. The molecule has 0 bridgehead atoms. The summed E-state index contributed by atoms with van der Waals surface area (Å²) in [6.45, 7) is 5.48. The molecule has 0 spiro atoms. The number of halogens is 1. The van der Waals surface area contributed by atoms with Crippen LogP contribution in [0.3, 0.4) is 0 Å². The van der Waals surface area contributed by atoms with Crippen molar-refractivity contribution in [3.8, 4) is 5.75 Å². The predicted octanol–water partition coefficient (Wildman–Crippen LogP) is 1.82. The van der Waals surface area contributed by atoms with Gasteiger partial charge in [-0.15, -0.1) is 24.0 Å². The molecule has 138 valence electrons. The number of aliphatic imine (C=N–C) groups is 1. The van der Waals surface area contributed by atoms with Gasteiger partial charge in [-0.25, -0.2) is 0 Å². The average Bonchev–Trinajstić information content (AvgIpc) is 3.39. The van der Waals surface area contributed by atoms with Crippen LogP contribution in [0.1, 0.15) is 25.3 Å². The fourth-order valence-corrected chi connectivity index (χ4v) is 3.07. The minimum Gasteiger partial charge on any atom is -0.508 e. The molecule has 25 heavy (non-hydrogen) atoms. The molecule has 0 unspecified atom stereocenters. The highest BCUT2D eigenvalue weighted by Gasteiger charge is 2.36. The third-order valence-corrected chi connectivity index (χ3v) is 4.45. The Morgan fingerprint density at radius 2 is 2.16 bits per heavy atom. The van der Waals surface area contributed by atoms with Gasteiger partial charge in [-0.1, -0.05) is 12.1 Å². The molecule has 7 heteroatoms. The monoisotopic (exact) mass is 458 g/mol. The lowest BCUT2D eigenvalue weighted by Gasteiger charge is -2.36. The first kappa shape index (κ1) is 19.8. The van der Waals surface area contributed by atoms with Gasteiger partial charge >= 0.3 is 0 Å². The lowest BCUT2D eigenvalue weighted by atomic mass is 10.1. The van der Waals surface area contributed by atoms with Crippen LogP contribution in [0, 0.1) is 0 Å². The fourth-order valence-electron chi connectivity index (χ4n) is 3.07. The maximum atomic E-state index is 12.3. The van der Waals surface area contributed by atoms with E-state index in [1.807, 2.05) is 28.9 Å². The van der Waals surface area contributed by atoms with Gasteiger partial charge in [-0.3, -0.25) is 9.79 Å². The summed E-state index contributed by atoms with van der Waals surface area (Å²) in [5.41, 5.74) is 1.06. The van der Waals surface area contributed by atoms with Gasteiger partial charge in [0, 0.05) is 32.2 Å². The van der Waals surface area contributed by atoms with Gasteiger partial charge in [0.1, 0.15) is 5.75 Å². The van der Waals surface area contributed by atoms with Gasteiger partial charge in [-0.05, 0) is 43.9 Å². The van der Waals surface area contributed by atoms with E-state index in [2.05, 4.69) is 10.3 Å². The highest BCUT2D eigenvalue weighted by molar-refractivity contribution is 14.0. The van der Waals surface area contributed by atoms with Crippen LogP contribution >= 0.6 is 24.0 Å². The van der Waals surface area contributed by atoms with Crippen molar-refractivity contribution in [3.63, 3.8) is 0 Å². The average molecular weight is 458 g/mol. The van der Waals surface area contributed by atoms with E-state index < -0.39 is 0 Å². The number of benzene rings is 1. The minimum atomic E-state index is 0. The highest BCUT2D eigenvalue weighted by Crippen LogP contribution is 2.28. The van der Waals surface area contributed by atoms with E-state index in [1.165, 1.54) is 0 Å². The predicted molar refractivity (Wildman–Crippen MR) is 110 cm³/mol. The van der Waals surface area contributed by atoms with Crippen LogP contribution in [0.4, 0.5) is 0 Å². The Balaban J connectivity index is 0.00000225. The molecule has 1 amide bonds. The first-order valence-electron chi connectivity index (χ1n) is 8.78. The Morgan fingerprint density at radius 1 is 1.36 bits per heavy atom. The summed E-state index contributed by atoms with van der Waals surface area (Å²) in [5, 5.41) is 12.8. The summed E-state index contributed by atoms with van der Waals surface area (Å²) in [7, 11) is 0. The van der Waals surface area contributed by atoms with Crippen molar-refractivity contribution in [1.29, 1.82) is 0 Å². The molecule has 2 aliphatic rings. The first-order valence-corrected chi connectivity index (χ1v) is 8.78. The normalized spacial score (nSPS) is 18.1. The maximum Gasteiger partial charge on any atom is 0.242 e. The molecule has 1 aliphatic heterocycles. The van der Waals surface area contributed by atoms with Crippen LogP contribution in [0.2, 0.25) is 0 Å². The summed E-state index contributed by atoms with van der Waals surface area (Å²) in [4.78, 5) is 21.0. The number of rotatable bonds is 5. The fraction of sp³-hybridized carbons (Fsp3) is 0.556. The van der Waals surface area contributed by atoms with Gasteiger partial charge in [0.25, 0.3) is 0 Å². The number of hydrogen-bond donors (Lipinski definition) is 2. The van der Waals surface area contributed by atoms with E-state index >= 15 is 0 Å². The molecular weight excluding hydrogens is 431 g/mol. The van der Waals surface area contributed by atoms with Crippen molar-refractivity contribution in [2.45, 2.75) is 32.2 Å². The van der Waals surface area contributed by atoms with E-state index in [9.17, 15) is 9.90 Å². The second-order valence-electron chi connectivity index (χ2n) is 6.40. The molecule has 1 aromatic rings. The van der Waals surface area contributed by atoms with E-state index in [4.69, 9.17) is 0 Å². The Kier molecular flexibility index (Phi) is 7.34. The number of phenolic OH excluding ortho intramolecular Hbond substituents is 1. The second-order valence-corrected chi connectivity index (χ2v) is 6.40. The molecule has 0 radical (unpaired) electrons. The zero-order valence-electron chi connectivity index (χ0n) is 14.6. The summed E-state index contributed by atoms with van der Waals surface area (Å²) in [6, 6.07) is 7.75. The molecule has 2 fully saturated rings. The largest absolute Gasteiger partial charge is 0.508 e. The number of carbonyl (C=O) groups is 1. The van der Waals surface area contributed by atoms with E-state index in [0.717, 1.165) is 50.4 Å². The first-order chi connectivity index (χ1) is 11.7. The Labute approximate surface area is 166 Å². The molecule has 6 nitrogen and oxygen atoms in total. The quantitative estimate of drug-likeness (QED) is 0.402. The number of guanidine groups is 1. The number of nitrogens with zero attached hydrogens (tertiary/aromatic N) is 3. The van der Waals surface area contributed by atoms with Crippen molar-refractivity contribution < 1.29 is 9.90 Å². The van der Waals surface area contributed by atoms with Crippen molar-refractivity contribution >= 4 is 35.8 Å². The molecule has 1 aromatic carbocycles. The van der Waals surface area contributed by atoms with E-state index in [-0.39, 0.29) is 35.6 Å². The summed E-state index contributed by atoms with van der Waals surface area (Å²) >= 11 is 0. The molecule has 0 atom stereocenters. The third-order valence-electron chi connectivity index (χ3n) is 4.45. The number of aromatic hydroxyl groups is 1. The number of hydrogen-bond acceptors (Lipinski definition) is 3. The molecule has 3 rings (SSSR count). The number of phenols is 1. The summed E-state index contributed by atoms with van der Waals surface area (Å²) in [5.74, 6) is 1.30. The second kappa shape index (κ2) is 9.26. The number of amides is 1. The standard InChI is InChI=1S/C18H26N4O2.HI/c1-2-19-18(20-9-8-14-4-3-5-16(23)12-14)21-10-11-22(15-6-7-15)17(24)13-21;/h3-5,12,15,23H,2,6-11,13H2,1H3,(H,19,20);1H. The van der Waals surface area contributed by atoms with Crippen molar-refractivity contribution in [1.82, 2.24) is 15.1 Å². The van der Waals surface area contributed by atoms with Crippen LogP contribution < -0.4 is 5.32 Å². The van der Waals surface area contributed by atoms with Gasteiger partial charge in [0.15, 0.2) is 5.96 Å². The van der Waals surface area contributed by atoms with Crippen LogP contribution in [-0.4, -0.2) is 65.5 Å². The third kappa shape index (κ3) is 5.49. The van der Waals surface area contributed by atoms with Crippen molar-refractivity contribution in [2.75, 3.05) is 32.7 Å².